The third kappa shape index (κ3) is 3.04. The number of hydrogen-bond acceptors (Lipinski definition) is 5. The van der Waals surface area contributed by atoms with Gasteiger partial charge in [0.1, 0.15) is 30.5 Å². The van der Waals surface area contributed by atoms with Gasteiger partial charge in [0, 0.05) is 23.1 Å². The Morgan fingerprint density at radius 3 is 2.96 bits per heavy atom. The van der Waals surface area contributed by atoms with Gasteiger partial charge in [-0.2, -0.15) is 5.10 Å². The summed E-state index contributed by atoms with van der Waals surface area (Å²) in [4.78, 5) is 13.6. The molecule has 3 aromatic heterocycles. The predicted molar refractivity (Wildman–Crippen MR) is 107 cm³/mol. The summed E-state index contributed by atoms with van der Waals surface area (Å²) < 4.78 is 10.1. The number of benzene rings is 1. The fraction of sp³-hybridized carbons (Fsp3) is 0.400. The summed E-state index contributed by atoms with van der Waals surface area (Å²) in [5.41, 5.74) is 2.68. The zero-order valence-electron chi connectivity index (χ0n) is 15.8. The summed E-state index contributed by atoms with van der Waals surface area (Å²) in [6.07, 6.45) is 6.94. The number of ether oxygens (including phenoxy) is 1. The van der Waals surface area contributed by atoms with Crippen molar-refractivity contribution < 1.29 is 4.74 Å². The van der Waals surface area contributed by atoms with Gasteiger partial charge in [-0.3, -0.25) is 4.98 Å². The van der Waals surface area contributed by atoms with E-state index in [1.807, 2.05) is 24.4 Å². The van der Waals surface area contributed by atoms with Gasteiger partial charge in [0.15, 0.2) is 0 Å². The number of hydrogen-bond donors (Lipinski definition) is 0. The summed E-state index contributed by atoms with van der Waals surface area (Å²) in [7, 11) is 0. The molecule has 0 radical (unpaired) electrons. The molecule has 144 valence electrons. The smallest absolute Gasteiger partial charge is 0.137 e. The number of fused-ring (bicyclic) bond motifs is 3. The molecule has 1 saturated heterocycles. The SMILES string of the molecule is CC1(C)CC(n2c(Cn3cncn3)nc3cnc4ccc(Cl)cc4c32)CCO1. The molecule has 0 spiro atoms. The fourth-order valence-corrected chi connectivity index (χ4v) is 4.35. The monoisotopic (exact) mass is 396 g/mol. The van der Waals surface area contributed by atoms with Gasteiger partial charge in [0.25, 0.3) is 0 Å². The van der Waals surface area contributed by atoms with Crippen molar-refractivity contribution in [2.24, 2.45) is 0 Å². The molecule has 1 unspecified atom stereocenters. The van der Waals surface area contributed by atoms with Crippen LogP contribution in [0.4, 0.5) is 0 Å². The van der Waals surface area contributed by atoms with Gasteiger partial charge in [-0.25, -0.2) is 14.6 Å². The summed E-state index contributed by atoms with van der Waals surface area (Å²) in [6, 6.07) is 6.09. The Kier molecular flexibility index (Phi) is 4.10. The second kappa shape index (κ2) is 6.53. The Balaban J connectivity index is 1.76. The zero-order valence-corrected chi connectivity index (χ0v) is 16.6. The molecule has 28 heavy (non-hydrogen) atoms. The third-order valence-electron chi connectivity index (χ3n) is 5.36. The lowest BCUT2D eigenvalue weighted by atomic mass is 9.93. The minimum absolute atomic E-state index is 0.176. The lowest BCUT2D eigenvalue weighted by molar-refractivity contribution is -0.0688. The van der Waals surface area contributed by atoms with Crippen molar-refractivity contribution >= 4 is 33.5 Å². The highest BCUT2D eigenvalue weighted by molar-refractivity contribution is 6.31. The van der Waals surface area contributed by atoms with Crippen molar-refractivity contribution in [2.45, 2.75) is 44.9 Å². The lowest BCUT2D eigenvalue weighted by Gasteiger charge is -2.37. The highest BCUT2D eigenvalue weighted by Gasteiger charge is 2.32. The maximum absolute atomic E-state index is 6.32. The number of aromatic nitrogens is 6. The fourth-order valence-electron chi connectivity index (χ4n) is 4.18. The highest BCUT2D eigenvalue weighted by atomic mass is 35.5. The third-order valence-corrected chi connectivity index (χ3v) is 5.59. The van der Waals surface area contributed by atoms with Crippen LogP contribution in [0.3, 0.4) is 0 Å². The summed E-state index contributed by atoms with van der Waals surface area (Å²) in [6.45, 7) is 5.57. The average molecular weight is 397 g/mol. The van der Waals surface area contributed by atoms with Crippen LogP contribution in [0.15, 0.2) is 37.1 Å². The van der Waals surface area contributed by atoms with Crippen LogP contribution in [0.1, 0.15) is 38.6 Å². The van der Waals surface area contributed by atoms with Crippen molar-refractivity contribution in [3.63, 3.8) is 0 Å². The normalized spacial score (nSPS) is 19.5. The molecule has 1 aromatic carbocycles. The van der Waals surface area contributed by atoms with Gasteiger partial charge in [-0.1, -0.05) is 11.6 Å². The van der Waals surface area contributed by atoms with Gasteiger partial charge < -0.3 is 9.30 Å². The van der Waals surface area contributed by atoms with Crippen LogP contribution in [0.2, 0.25) is 5.02 Å². The summed E-state index contributed by atoms with van der Waals surface area (Å²) in [5, 5.41) is 5.98. The maximum Gasteiger partial charge on any atom is 0.137 e. The maximum atomic E-state index is 6.32. The molecule has 4 aromatic rings. The molecule has 0 saturated carbocycles. The number of imidazole rings is 1. The minimum Gasteiger partial charge on any atom is -0.375 e. The van der Waals surface area contributed by atoms with E-state index in [9.17, 15) is 0 Å². The lowest BCUT2D eigenvalue weighted by Crippen LogP contribution is -2.35. The Bertz CT molecular complexity index is 1150. The Morgan fingerprint density at radius 2 is 2.18 bits per heavy atom. The first-order valence-electron chi connectivity index (χ1n) is 9.42. The van der Waals surface area contributed by atoms with Gasteiger partial charge in [-0.05, 0) is 44.9 Å². The molecule has 1 fully saturated rings. The average Bonchev–Trinajstić information content (AvgIpc) is 3.28. The van der Waals surface area contributed by atoms with E-state index in [2.05, 4.69) is 33.5 Å². The molecular weight excluding hydrogens is 376 g/mol. The molecule has 4 heterocycles. The second-order valence-electron chi connectivity index (χ2n) is 7.90. The van der Waals surface area contributed by atoms with Crippen LogP contribution in [0, 0.1) is 0 Å². The van der Waals surface area contributed by atoms with Crippen LogP contribution >= 0.6 is 11.6 Å². The van der Waals surface area contributed by atoms with Crippen molar-refractivity contribution in [1.82, 2.24) is 29.3 Å². The van der Waals surface area contributed by atoms with E-state index in [1.54, 1.807) is 17.3 Å². The molecular formula is C20H21ClN6O. The molecule has 7 nitrogen and oxygen atoms in total. The Labute approximate surface area is 167 Å². The molecule has 0 N–H and O–H groups in total. The molecule has 5 rings (SSSR count). The topological polar surface area (TPSA) is 70.7 Å². The molecule has 1 aliphatic heterocycles. The number of pyridine rings is 1. The quantitative estimate of drug-likeness (QED) is 0.523. The molecule has 8 heteroatoms. The van der Waals surface area contributed by atoms with E-state index in [0.29, 0.717) is 11.6 Å². The molecule has 0 aliphatic carbocycles. The minimum atomic E-state index is -0.176. The zero-order chi connectivity index (χ0) is 19.3. The standard InChI is InChI=1S/C20H21ClN6O/c1-20(2)8-14(5-6-28-20)27-18(10-26-12-22-11-24-26)25-17-9-23-16-4-3-13(21)7-15(16)19(17)27/h3-4,7,9,11-12,14H,5-6,8,10H2,1-2H3. The van der Waals surface area contributed by atoms with Crippen LogP contribution in [0.25, 0.3) is 21.9 Å². The molecule has 0 amide bonds. The van der Waals surface area contributed by atoms with Gasteiger partial charge in [0.05, 0.1) is 22.8 Å². The largest absolute Gasteiger partial charge is 0.375 e. The van der Waals surface area contributed by atoms with Crippen LogP contribution in [0.5, 0.6) is 0 Å². The van der Waals surface area contributed by atoms with Crippen molar-refractivity contribution in [3.05, 3.63) is 47.9 Å². The molecule has 0 bridgehead atoms. The van der Waals surface area contributed by atoms with Crippen molar-refractivity contribution in [1.29, 1.82) is 0 Å². The van der Waals surface area contributed by atoms with Gasteiger partial charge >= 0.3 is 0 Å². The first-order valence-corrected chi connectivity index (χ1v) is 9.79. The predicted octanol–water partition coefficient (Wildman–Crippen LogP) is 4.01. The second-order valence-corrected chi connectivity index (χ2v) is 8.34. The van der Waals surface area contributed by atoms with Crippen molar-refractivity contribution in [3.8, 4) is 0 Å². The Hall–Kier alpha value is -2.51. The van der Waals surface area contributed by atoms with E-state index < -0.39 is 0 Å². The van der Waals surface area contributed by atoms with Crippen LogP contribution in [-0.4, -0.2) is 41.5 Å². The first-order chi connectivity index (χ1) is 13.5. The van der Waals surface area contributed by atoms with Gasteiger partial charge in [0.2, 0.25) is 0 Å². The number of halogens is 1. The summed E-state index contributed by atoms with van der Waals surface area (Å²) in [5.74, 6) is 0.942. The van der Waals surface area contributed by atoms with E-state index in [-0.39, 0.29) is 11.6 Å². The van der Waals surface area contributed by atoms with Gasteiger partial charge in [-0.15, -0.1) is 0 Å². The summed E-state index contributed by atoms with van der Waals surface area (Å²) >= 11 is 6.32. The molecule has 1 aliphatic rings. The van der Waals surface area contributed by atoms with E-state index in [4.69, 9.17) is 21.3 Å². The van der Waals surface area contributed by atoms with Crippen LogP contribution in [-0.2, 0) is 11.3 Å². The Morgan fingerprint density at radius 1 is 1.29 bits per heavy atom. The number of nitrogens with zero attached hydrogens (tertiary/aromatic N) is 6. The van der Waals surface area contributed by atoms with E-state index >= 15 is 0 Å². The number of rotatable bonds is 3. The highest BCUT2D eigenvalue weighted by Crippen LogP contribution is 2.37. The van der Waals surface area contributed by atoms with Crippen molar-refractivity contribution in [2.75, 3.05) is 6.61 Å². The van der Waals surface area contributed by atoms with E-state index in [1.165, 1.54) is 0 Å². The van der Waals surface area contributed by atoms with Crippen LogP contribution < -0.4 is 0 Å². The molecule has 1 atom stereocenters. The first kappa shape index (κ1) is 17.6. The van der Waals surface area contributed by atoms with E-state index in [0.717, 1.165) is 47.2 Å².